The van der Waals surface area contributed by atoms with Gasteiger partial charge in [0.25, 0.3) is 0 Å². The lowest BCUT2D eigenvalue weighted by molar-refractivity contribution is -0.0145. The van der Waals surface area contributed by atoms with Crippen molar-refractivity contribution in [2.24, 2.45) is 0 Å². The van der Waals surface area contributed by atoms with Crippen molar-refractivity contribution < 1.29 is 4.74 Å². The van der Waals surface area contributed by atoms with E-state index in [9.17, 15) is 0 Å². The molecular formula is C18H29NO. The van der Waals surface area contributed by atoms with Gasteiger partial charge >= 0.3 is 0 Å². The summed E-state index contributed by atoms with van der Waals surface area (Å²) in [6, 6.07) is 9.20. The molecule has 0 radical (unpaired) electrons. The van der Waals surface area contributed by atoms with Gasteiger partial charge in [0, 0.05) is 6.04 Å². The number of rotatable bonds is 7. The Morgan fingerprint density at radius 1 is 1.10 bits per heavy atom. The van der Waals surface area contributed by atoms with Gasteiger partial charge in [0.05, 0.1) is 0 Å². The van der Waals surface area contributed by atoms with Gasteiger partial charge in [0.15, 0.2) is 0 Å². The summed E-state index contributed by atoms with van der Waals surface area (Å²) in [5, 5.41) is 3.50. The Labute approximate surface area is 123 Å². The Morgan fingerprint density at radius 2 is 1.75 bits per heavy atom. The van der Waals surface area contributed by atoms with Crippen molar-refractivity contribution in [1.29, 1.82) is 0 Å². The molecule has 1 aromatic carbocycles. The summed E-state index contributed by atoms with van der Waals surface area (Å²) in [6.45, 7) is 9.88. The van der Waals surface area contributed by atoms with Gasteiger partial charge in [-0.3, -0.25) is 0 Å². The molecule has 1 fully saturated rings. The molecule has 1 aliphatic carbocycles. The average Bonchev–Trinajstić information content (AvgIpc) is 2.36. The molecule has 112 valence electrons. The molecular weight excluding hydrogens is 246 g/mol. The van der Waals surface area contributed by atoms with Gasteiger partial charge in [0.2, 0.25) is 0 Å². The molecule has 20 heavy (non-hydrogen) atoms. The summed E-state index contributed by atoms with van der Waals surface area (Å²) in [5.74, 6) is 1.61. The van der Waals surface area contributed by atoms with Crippen LogP contribution >= 0.6 is 0 Å². The first-order valence-electron chi connectivity index (χ1n) is 8.03. The van der Waals surface area contributed by atoms with Crippen LogP contribution in [0.2, 0.25) is 0 Å². The van der Waals surface area contributed by atoms with E-state index >= 15 is 0 Å². The first-order chi connectivity index (χ1) is 9.51. The van der Waals surface area contributed by atoms with Gasteiger partial charge in [-0.1, -0.05) is 39.8 Å². The predicted octanol–water partition coefficient (Wildman–Crippen LogP) is 4.50. The van der Waals surface area contributed by atoms with E-state index in [0.717, 1.165) is 18.7 Å². The largest absolute Gasteiger partial charge is 0.487 e. The molecule has 0 aromatic heterocycles. The number of hydrogen-bond donors (Lipinski definition) is 1. The van der Waals surface area contributed by atoms with Gasteiger partial charge in [-0.2, -0.15) is 0 Å². The van der Waals surface area contributed by atoms with Crippen LogP contribution in [0.4, 0.5) is 0 Å². The SMILES string of the molecule is CC(C)NCCC1(Oc2ccc(C(C)C)cc2)CCC1. The van der Waals surface area contributed by atoms with Crippen LogP contribution in [-0.2, 0) is 0 Å². The zero-order chi connectivity index (χ0) is 14.6. The zero-order valence-electron chi connectivity index (χ0n) is 13.4. The monoisotopic (exact) mass is 275 g/mol. The van der Waals surface area contributed by atoms with Crippen molar-refractivity contribution in [3.8, 4) is 5.75 Å². The highest BCUT2D eigenvalue weighted by molar-refractivity contribution is 5.29. The lowest BCUT2D eigenvalue weighted by Crippen LogP contribution is -2.45. The highest BCUT2D eigenvalue weighted by atomic mass is 16.5. The van der Waals surface area contributed by atoms with Crippen LogP contribution in [0.25, 0.3) is 0 Å². The van der Waals surface area contributed by atoms with E-state index in [1.54, 1.807) is 0 Å². The first kappa shape index (κ1) is 15.4. The Balaban J connectivity index is 1.92. The maximum Gasteiger partial charge on any atom is 0.120 e. The van der Waals surface area contributed by atoms with Gasteiger partial charge in [-0.25, -0.2) is 0 Å². The number of hydrogen-bond acceptors (Lipinski definition) is 2. The molecule has 1 aliphatic rings. The Bertz CT molecular complexity index is 404. The topological polar surface area (TPSA) is 21.3 Å². The lowest BCUT2D eigenvalue weighted by Gasteiger charge is -2.42. The summed E-state index contributed by atoms with van der Waals surface area (Å²) < 4.78 is 6.31. The summed E-state index contributed by atoms with van der Waals surface area (Å²) in [5.41, 5.74) is 1.46. The number of benzene rings is 1. The van der Waals surface area contributed by atoms with Crippen LogP contribution in [-0.4, -0.2) is 18.2 Å². The molecule has 1 aromatic rings. The fraction of sp³-hybridized carbons (Fsp3) is 0.667. The predicted molar refractivity (Wildman–Crippen MR) is 85.5 cm³/mol. The van der Waals surface area contributed by atoms with Crippen LogP contribution in [0.15, 0.2) is 24.3 Å². The lowest BCUT2D eigenvalue weighted by atomic mass is 9.77. The van der Waals surface area contributed by atoms with Crippen molar-refractivity contribution in [3.05, 3.63) is 29.8 Å². The smallest absolute Gasteiger partial charge is 0.120 e. The maximum absolute atomic E-state index is 6.31. The second-order valence-corrected chi connectivity index (χ2v) is 6.72. The normalized spacial score (nSPS) is 17.3. The van der Waals surface area contributed by atoms with Crippen LogP contribution < -0.4 is 10.1 Å². The fourth-order valence-electron chi connectivity index (χ4n) is 2.73. The van der Waals surface area contributed by atoms with E-state index in [1.807, 2.05) is 0 Å². The van der Waals surface area contributed by atoms with E-state index in [-0.39, 0.29) is 5.60 Å². The molecule has 2 heteroatoms. The average molecular weight is 275 g/mol. The molecule has 2 rings (SSSR count). The molecule has 2 nitrogen and oxygen atoms in total. The van der Waals surface area contributed by atoms with Gasteiger partial charge in [-0.05, 0) is 55.8 Å². The van der Waals surface area contributed by atoms with Crippen LogP contribution in [0, 0.1) is 0 Å². The minimum absolute atomic E-state index is 0.0846. The van der Waals surface area contributed by atoms with Crippen LogP contribution in [0.1, 0.15) is 64.9 Å². The second kappa shape index (κ2) is 6.62. The molecule has 0 amide bonds. The molecule has 0 spiro atoms. The maximum atomic E-state index is 6.31. The standard InChI is InChI=1S/C18H29NO/c1-14(2)16-6-8-17(9-7-16)20-18(10-5-11-18)12-13-19-15(3)4/h6-9,14-15,19H,5,10-13H2,1-4H3. The van der Waals surface area contributed by atoms with E-state index in [0.29, 0.717) is 12.0 Å². The van der Waals surface area contributed by atoms with Crippen molar-refractivity contribution in [2.75, 3.05) is 6.54 Å². The minimum atomic E-state index is 0.0846. The molecule has 1 saturated carbocycles. The van der Waals surface area contributed by atoms with Gasteiger partial charge in [-0.15, -0.1) is 0 Å². The van der Waals surface area contributed by atoms with Crippen molar-refractivity contribution in [3.63, 3.8) is 0 Å². The summed E-state index contributed by atoms with van der Waals surface area (Å²) in [6.07, 6.45) is 4.79. The quantitative estimate of drug-likeness (QED) is 0.791. The Morgan fingerprint density at radius 3 is 2.20 bits per heavy atom. The highest BCUT2D eigenvalue weighted by Crippen LogP contribution is 2.39. The van der Waals surface area contributed by atoms with Gasteiger partial charge in [0.1, 0.15) is 11.4 Å². The fourth-order valence-corrected chi connectivity index (χ4v) is 2.73. The van der Waals surface area contributed by atoms with Gasteiger partial charge < -0.3 is 10.1 Å². The van der Waals surface area contributed by atoms with Crippen LogP contribution in [0.5, 0.6) is 5.75 Å². The molecule has 0 atom stereocenters. The summed E-state index contributed by atoms with van der Waals surface area (Å²) in [7, 11) is 0. The third kappa shape index (κ3) is 3.99. The molecule has 0 bridgehead atoms. The third-order valence-corrected chi connectivity index (χ3v) is 4.28. The molecule has 0 heterocycles. The van der Waals surface area contributed by atoms with E-state index in [4.69, 9.17) is 4.74 Å². The van der Waals surface area contributed by atoms with E-state index < -0.39 is 0 Å². The number of ether oxygens (including phenoxy) is 1. The van der Waals surface area contributed by atoms with Crippen molar-refractivity contribution >= 4 is 0 Å². The zero-order valence-corrected chi connectivity index (χ0v) is 13.4. The van der Waals surface area contributed by atoms with Crippen LogP contribution in [0.3, 0.4) is 0 Å². The first-order valence-corrected chi connectivity index (χ1v) is 8.03. The molecule has 1 N–H and O–H groups in total. The van der Waals surface area contributed by atoms with E-state index in [1.165, 1.54) is 24.8 Å². The second-order valence-electron chi connectivity index (χ2n) is 6.72. The Kier molecular flexibility index (Phi) is 5.09. The summed E-state index contributed by atoms with van der Waals surface area (Å²) in [4.78, 5) is 0. The highest BCUT2D eigenvalue weighted by Gasteiger charge is 2.38. The van der Waals surface area contributed by atoms with Crippen molar-refractivity contribution in [2.45, 2.75) is 70.9 Å². The third-order valence-electron chi connectivity index (χ3n) is 4.28. The molecule has 0 unspecified atom stereocenters. The van der Waals surface area contributed by atoms with E-state index in [2.05, 4.69) is 57.3 Å². The molecule has 0 saturated heterocycles. The Hall–Kier alpha value is -1.02. The summed E-state index contributed by atoms with van der Waals surface area (Å²) >= 11 is 0. The van der Waals surface area contributed by atoms with Crippen molar-refractivity contribution in [1.82, 2.24) is 5.32 Å². The molecule has 0 aliphatic heterocycles. The number of nitrogens with one attached hydrogen (secondary N) is 1. The minimum Gasteiger partial charge on any atom is -0.487 e.